The molecule has 0 saturated carbocycles. The zero-order valence-electron chi connectivity index (χ0n) is 9.88. The average molecular weight is 374 g/mol. The highest BCUT2D eigenvalue weighted by molar-refractivity contribution is 14.1. The smallest absolute Gasteiger partial charge is 0.353 e. The Hall–Kier alpha value is -1.15. The lowest BCUT2D eigenvalue weighted by atomic mass is 10.3. The van der Waals surface area contributed by atoms with E-state index in [0.29, 0.717) is 0 Å². The van der Waals surface area contributed by atoms with Crippen molar-refractivity contribution in [3.8, 4) is 5.75 Å². The molecule has 4 nitrogen and oxygen atoms in total. The number of aromatic nitrogens is 2. The lowest BCUT2D eigenvalue weighted by Crippen LogP contribution is -2.14. The summed E-state index contributed by atoms with van der Waals surface area (Å²) in [5, 5.41) is 0. The van der Waals surface area contributed by atoms with E-state index in [4.69, 9.17) is 4.74 Å². The molecule has 3 aromatic rings. The fourth-order valence-corrected chi connectivity index (χ4v) is 2.75. The highest BCUT2D eigenvalue weighted by Crippen LogP contribution is 2.27. The summed E-state index contributed by atoms with van der Waals surface area (Å²) < 4.78 is 7.78. The Labute approximate surface area is 121 Å². The number of hydrogen-bond acceptors (Lipinski definition) is 4. The van der Waals surface area contributed by atoms with Crippen LogP contribution >= 0.6 is 33.9 Å². The van der Waals surface area contributed by atoms with Crippen LogP contribution < -0.4 is 10.4 Å². The summed E-state index contributed by atoms with van der Waals surface area (Å²) >= 11 is 3.70. The first kappa shape index (κ1) is 13.3. The molecule has 0 aliphatic rings. The molecule has 3 rings (SSSR count). The number of benzene rings is 1. The monoisotopic (exact) mass is 374 g/mol. The van der Waals surface area contributed by atoms with E-state index < -0.39 is 0 Å². The number of rotatable bonds is 1. The molecule has 0 radical (unpaired) electrons. The van der Waals surface area contributed by atoms with Crippen LogP contribution in [-0.2, 0) is 0 Å². The molecule has 0 fully saturated rings. The number of alkyl halides is 1. The predicted octanol–water partition coefficient (Wildman–Crippen LogP) is 2.97. The van der Waals surface area contributed by atoms with Crippen molar-refractivity contribution in [2.75, 3.05) is 12.0 Å². The number of ether oxygens (including phenoxy) is 1. The van der Waals surface area contributed by atoms with Gasteiger partial charge in [-0.05, 0) is 29.2 Å². The molecule has 0 spiro atoms. The minimum absolute atomic E-state index is 0.242. The molecule has 2 aromatic heterocycles. The van der Waals surface area contributed by atoms with Crippen LogP contribution in [0.15, 0.2) is 35.3 Å². The van der Waals surface area contributed by atoms with Crippen molar-refractivity contribution in [3.05, 3.63) is 40.9 Å². The first-order chi connectivity index (χ1) is 8.79. The Balaban J connectivity index is 0.000000574. The van der Waals surface area contributed by atoms with Gasteiger partial charge >= 0.3 is 5.69 Å². The summed E-state index contributed by atoms with van der Waals surface area (Å²) in [7, 11) is 1.63. The van der Waals surface area contributed by atoms with Crippen LogP contribution in [0.1, 0.15) is 0 Å². The van der Waals surface area contributed by atoms with Crippen LogP contribution in [0.3, 0.4) is 0 Å². The molecule has 0 unspecified atom stereocenters. The van der Waals surface area contributed by atoms with Crippen LogP contribution in [0.4, 0.5) is 0 Å². The maximum atomic E-state index is 11.6. The van der Waals surface area contributed by atoms with Crippen molar-refractivity contribution in [2.45, 2.75) is 0 Å². The number of fused-ring (bicyclic) bond motifs is 3. The van der Waals surface area contributed by atoms with Crippen molar-refractivity contribution in [3.63, 3.8) is 0 Å². The lowest BCUT2D eigenvalue weighted by molar-refractivity contribution is 0.415. The molecule has 0 atom stereocenters. The molecule has 0 aliphatic heterocycles. The van der Waals surface area contributed by atoms with Gasteiger partial charge in [-0.3, -0.25) is 4.40 Å². The van der Waals surface area contributed by atoms with Crippen LogP contribution in [0.25, 0.3) is 15.0 Å². The van der Waals surface area contributed by atoms with E-state index in [1.54, 1.807) is 22.8 Å². The molecule has 2 heterocycles. The zero-order chi connectivity index (χ0) is 13.1. The molecule has 0 saturated heterocycles. The second-order valence-corrected chi connectivity index (χ2v) is 4.40. The Morgan fingerprint density at radius 3 is 2.83 bits per heavy atom. The topological polar surface area (TPSA) is 43.6 Å². The third-order valence-corrected chi connectivity index (χ3v) is 3.51. The third-order valence-electron chi connectivity index (χ3n) is 2.44. The maximum Gasteiger partial charge on any atom is 0.353 e. The van der Waals surface area contributed by atoms with E-state index in [1.807, 2.05) is 29.2 Å². The lowest BCUT2D eigenvalue weighted by Gasteiger charge is -1.98. The van der Waals surface area contributed by atoms with Gasteiger partial charge in [-0.1, -0.05) is 22.6 Å². The van der Waals surface area contributed by atoms with Gasteiger partial charge in [-0.25, -0.2) is 9.78 Å². The predicted molar refractivity (Wildman–Crippen MR) is 83.3 cm³/mol. The van der Waals surface area contributed by atoms with Gasteiger partial charge < -0.3 is 4.74 Å². The van der Waals surface area contributed by atoms with E-state index in [0.717, 1.165) is 20.8 Å². The summed E-state index contributed by atoms with van der Waals surface area (Å²) in [6, 6.07) is 7.47. The minimum Gasteiger partial charge on any atom is -0.497 e. The number of hydrogen-bond donors (Lipinski definition) is 0. The number of thiazole rings is 1. The van der Waals surface area contributed by atoms with Crippen LogP contribution in [0, 0.1) is 0 Å². The van der Waals surface area contributed by atoms with E-state index in [-0.39, 0.29) is 5.69 Å². The molecule has 0 bridgehead atoms. The number of nitrogens with zero attached hydrogens (tertiary/aromatic N) is 2. The molecule has 94 valence electrons. The van der Waals surface area contributed by atoms with E-state index in [9.17, 15) is 4.79 Å². The highest BCUT2D eigenvalue weighted by Gasteiger charge is 2.06. The van der Waals surface area contributed by atoms with Gasteiger partial charge in [-0.15, -0.1) is 11.3 Å². The van der Waals surface area contributed by atoms with Gasteiger partial charge in [-0.2, -0.15) is 0 Å². The van der Waals surface area contributed by atoms with Gasteiger partial charge in [0, 0.05) is 6.20 Å². The average Bonchev–Trinajstić information content (AvgIpc) is 2.79. The summed E-state index contributed by atoms with van der Waals surface area (Å²) in [5.41, 5.74) is 0.632. The number of methoxy groups -OCH3 is 1. The van der Waals surface area contributed by atoms with Gasteiger partial charge in [0.15, 0.2) is 0 Å². The van der Waals surface area contributed by atoms with Gasteiger partial charge in [0.1, 0.15) is 10.6 Å². The molecule has 0 amide bonds. The van der Waals surface area contributed by atoms with Gasteiger partial charge in [0.05, 0.1) is 17.3 Å². The second kappa shape index (κ2) is 5.66. The first-order valence-electron chi connectivity index (χ1n) is 5.12. The summed E-state index contributed by atoms with van der Waals surface area (Å²) in [5.74, 6) is 0.792. The van der Waals surface area contributed by atoms with Gasteiger partial charge in [0.25, 0.3) is 0 Å². The molecule has 0 N–H and O–H groups in total. The Kier molecular flexibility index (Phi) is 4.18. The molecule has 0 aliphatic carbocycles. The zero-order valence-corrected chi connectivity index (χ0v) is 12.9. The maximum absolute atomic E-state index is 11.6. The molecule has 6 heteroatoms. The molecular formula is C12H11IN2O2S. The second-order valence-electron chi connectivity index (χ2n) is 3.34. The fraction of sp³-hybridized carbons (Fsp3) is 0.167. The normalized spacial score (nSPS) is 10.2. The number of halogens is 1. The highest BCUT2D eigenvalue weighted by atomic mass is 127. The van der Waals surface area contributed by atoms with Crippen LogP contribution in [0.5, 0.6) is 5.75 Å². The minimum atomic E-state index is -0.242. The third kappa shape index (κ3) is 2.22. The van der Waals surface area contributed by atoms with Gasteiger partial charge in [0.2, 0.25) is 0 Å². The first-order valence-corrected chi connectivity index (χ1v) is 8.09. The molecule has 1 aromatic carbocycles. The van der Waals surface area contributed by atoms with E-state index in [1.165, 1.54) is 6.20 Å². The molecular weight excluding hydrogens is 363 g/mol. The van der Waals surface area contributed by atoms with E-state index in [2.05, 4.69) is 27.6 Å². The molecule has 18 heavy (non-hydrogen) atoms. The Morgan fingerprint density at radius 1 is 1.33 bits per heavy atom. The van der Waals surface area contributed by atoms with Crippen molar-refractivity contribution in [1.82, 2.24) is 9.38 Å². The van der Waals surface area contributed by atoms with Crippen molar-refractivity contribution in [2.24, 2.45) is 0 Å². The Morgan fingerprint density at radius 2 is 2.11 bits per heavy atom. The van der Waals surface area contributed by atoms with E-state index >= 15 is 0 Å². The SMILES string of the molecule is CI.COc1ccc2c(c1)sc1ccnc(=O)n12. The Bertz CT molecular complexity index is 736. The quantitative estimate of drug-likeness (QED) is 0.486. The summed E-state index contributed by atoms with van der Waals surface area (Å²) in [6.45, 7) is 0. The standard InChI is InChI=1S/C11H8N2O2S.CH3I/c1-15-7-2-3-8-9(6-7)16-10-4-5-12-11(14)13(8)10;1-2/h2-6H,1H3;1H3. The van der Waals surface area contributed by atoms with Crippen molar-refractivity contribution < 1.29 is 4.74 Å². The summed E-state index contributed by atoms with van der Waals surface area (Å²) in [6.07, 6.45) is 1.53. The van der Waals surface area contributed by atoms with Crippen molar-refractivity contribution in [1.29, 1.82) is 0 Å². The largest absolute Gasteiger partial charge is 0.497 e. The van der Waals surface area contributed by atoms with Crippen molar-refractivity contribution >= 4 is 49.0 Å². The van der Waals surface area contributed by atoms with Crippen LogP contribution in [-0.4, -0.2) is 21.4 Å². The van der Waals surface area contributed by atoms with Crippen LogP contribution in [0.2, 0.25) is 0 Å². The fourth-order valence-electron chi connectivity index (χ4n) is 1.69. The summed E-state index contributed by atoms with van der Waals surface area (Å²) in [4.78, 5) is 18.3.